The van der Waals surface area contributed by atoms with E-state index < -0.39 is 0 Å². The van der Waals surface area contributed by atoms with Crippen molar-refractivity contribution >= 4 is 17.5 Å². The number of rotatable bonds is 6. The summed E-state index contributed by atoms with van der Waals surface area (Å²) in [4.78, 5) is 24.8. The number of piperidine rings is 1. The van der Waals surface area contributed by atoms with Crippen molar-refractivity contribution in [1.29, 1.82) is 0 Å². The van der Waals surface area contributed by atoms with Crippen LogP contribution in [-0.4, -0.2) is 64.2 Å². The van der Waals surface area contributed by atoms with Crippen LogP contribution in [0.2, 0.25) is 0 Å². The molecule has 0 aliphatic carbocycles. The van der Waals surface area contributed by atoms with E-state index in [0.717, 1.165) is 63.4 Å². The molecule has 1 aromatic heterocycles. The third-order valence-corrected chi connectivity index (χ3v) is 5.20. The van der Waals surface area contributed by atoms with Gasteiger partial charge in [-0.05, 0) is 32.1 Å². The second-order valence-electron chi connectivity index (χ2n) is 6.98. The minimum Gasteiger partial charge on any atom is -0.394 e. The van der Waals surface area contributed by atoms with E-state index in [-0.39, 0.29) is 18.6 Å². The smallest absolute Gasteiger partial charge is 0.222 e. The van der Waals surface area contributed by atoms with Gasteiger partial charge in [0.1, 0.15) is 18.0 Å². The van der Waals surface area contributed by atoms with Crippen LogP contribution in [0.4, 0.5) is 11.6 Å². The van der Waals surface area contributed by atoms with E-state index in [0.29, 0.717) is 12.5 Å². The molecule has 1 unspecified atom stereocenters. The number of nitrogens with zero attached hydrogens (tertiary/aromatic N) is 4. The van der Waals surface area contributed by atoms with Gasteiger partial charge in [0.05, 0.1) is 12.6 Å². The summed E-state index contributed by atoms with van der Waals surface area (Å²) < 4.78 is 0. The molecule has 138 valence electrons. The number of nitrogens with one attached hydrogen (secondary N) is 1. The highest BCUT2D eigenvalue weighted by molar-refractivity contribution is 5.76. The zero-order valence-electron chi connectivity index (χ0n) is 15.0. The summed E-state index contributed by atoms with van der Waals surface area (Å²) in [6.07, 6.45) is 7.12. The lowest BCUT2D eigenvalue weighted by Gasteiger charge is -2.33. The number of aliphatic hydroxyl groups is 1. The molecule has 7 heteroatoms. The molecule has 1 amide bonds. The predicted octanol–water partition coefficient (Wildman–Crippen LogP) is 1.64. The Kier molecular flexibility index (Phi) is 6.07. The first-order valence-corrected chi connectivity index (χ1v) is 9.45. The van der Waals surface area contributed by atoms with E-state index in [1.807, 2.05) is 17.9 Å². The van der Waals surface area contributed by atoms with Crippen molar-refractivity contribution in [3.8, 4) is 0 Å². The number of aromatic nitrogens is 2. The number of carbonyl (C=O) groups excluding carboxylic acids is 1. The van der Waals surface area contributed by atoms with Gasteiger partial charge in [0.25, 0.3) is 0 Å². The Bertz CT molecular complexity index is 574. The molecule has 3 heterocycles. The lowest BCUT2D eigenvalue weighted by Crippen LogP contribution is -2.42. The Morgan fingerprint density at radius 2 is 2.08 bits per heavy atom. The average Bonchev–Trinajstić information content (AvgIpc) is 3.11. The highest BCUT2D eigenvalue weighted by Crippen LogP contribution is 2.25. The molecule has 3 rings (SSSR count). The summed E-state index contributed by atoms with van der Waals surface area (Å²) in [6, 6.07) is 2.47. The second kappa shape index (κ2) is 8.47. The van der Waals surface area contributed by atoms with Gasteiger partial charge < -0.3 is 20.2 Å². The fraction of sp³-hybridized carbons (Fsp3) is 0.722. The van der Waals surface area contributed by atoms with Crippen LogP contribution in [0, 0.1) is 0 Å². The van der Waals surface area contributed by atoms with Crippen LogP contribution in [-0.2, 0) is 4.79 Å². The molecule has 0 aromatic carbocycles. The van der Waals surface area contributed by atoms with Crippen LogP contribution in [0.1, 0.15) is 45.4 Å². The van der Waals surface area contributed by atoms with E-state index in [4.69, 9.17) is 0 Å². The van der Waals surface area contributed by atoms with Crippen LogP contribution in [0.5, 0.6) is 0 Å². The first-order chi connectivity index (χ1) is 12.2. The van der Waals surface area contributed by atoms with Gasteiger partial charge >= 0.3 is 0 Å². The molecule has 25 heavy (non-hydrogen) atoms. The predicted molar refractivity (Wildman–Crippen MR) is 97.6 cm³/mol. The van der Waals surface area contributed by atoms with Gasteiger partial charge in [-0.2, -0.15) is 0 Å². The van der Waals surface area contributed by atoms with Gasteiger partial charge in [0.2, 0.25) is 5.91 Å². The fourth-order valence-corrected chi connectivity index (χ4v) is 3.76. The Hall–Kier alpha value is -1.89. The first kappa shape index (κ1) is 17.9. The summed E-state index contributed by atoms with van der Waals surface area (Å²) in [6.45, 7) is 4.76. The summed E-state index contributed by atoms with van der Waals surface area (Å²) in [5.74, 6) is 1.98. The number of amides is 1. The quantitative estimate of drug-likeness (QED) is 0.814. The number of likely N-dealkylation sites (tertiary alicyclic amines) is 1. The molecule has 0 radical (unpaired) electrons. The van der Waals surface area contributed by atoms with Crippen molar-refractivity contribution in [2.24, 2.45) is 0 Å². The van der Waals surface area contributed by atoms with Crippen LogP contribution in [0.25, 0.3) is 0 Å². The second-order valence-corrected chi connectivity index (χ2v) is 6.98. The largest absolute Gasteiger partial charge is 0.394 e. The van der Waals surface area contributed by atoms with E-state index in [2.05, 4.69) is 20.2 Å². The van der Waals surface area contributed by atoms with Gasteiger partial charge in [0, 0.05) is 38.2 Å². The molecular weight excluding hydrogens is 318 g/mol. The molecule has 2 aliphatic rings. The number of hydrogen-bond acceptors (Lipinski definition) is 6. The Morgan fingerprint density at radius 1 is 1.28 bits per heavy atom. The highest BCUT2D eigenvalue weighted by Gasteiger charge is 2.26. The minimum atomic E-state index is 0.163. The van der Waals surface area contributed by atoms with Crippen molar-refractivity contribution in [3.05, 3.63) is 12.4 Å². The van der Waals surface area contributed by atoms with Crippen LogP contribution in [0.15, 0.2) is 12.4 Å². The SMILES string of the molecule is CCCC(=O)N1CCC(Nc2cc(N3CCCC3CO)ncn2)CC1. The molecule has 1 atom stereocenters. The van der Waals surface area contributed by atoms with Crippen molar-refractivity contribution in [1.82, 2.24) is 14.9 Å². The van der Waals surface area contributed by atoms with Crippen molar-refractivity contribution in [2.75, 3.05) is 36.5 Å². The normalized spacial score (nSPS) is 21.6. The van der Waals surface area contributed by atoms with Gasteiger partial charge in [-0.15, -0.1) is 0 Å². The minimum absolute atomic E-state index is 0.163. The van der Waals surface area contributed by atoms with Crippen LogP contribution in [0.3, 0.4) is 0 Å². The maximum absolute atomic E-state index is 12.0. The summed E-state index contributed by atoms with van der Waals surface area (Å²) in [5.41, 5.74) is 0. The fourth-order valence-electron chi connectivity index (χ4n) is 3.76. The number of carbonyl (C=O) groups is 1. The molecule has 0 spiro atoms. The zero-order valence-corrected chi connectivity index (χ0v) is 15.0. The summed E-state index contributed by atoms with van der Waals surface area (Å²) in [5, 5.41) is 13.0. The van der Waals surface area contributed by atoms with Gasteiger partial charge in [-0.3, -0.25) is 4.79 Å². The lowest BCUT2D eigenvalue weighted by molar-refractivity contribution is -0.132. The van der Waals surface area contributed by atoms with E-state index in [1.54, 1.807) is 6.33 Å². The van der Waals surface area contributed by atoms with Crippen molar-refractivity contribution in [3.63, 3.8) is 0 Å². The molecule has 2 fully saturated rings. The van der Waals surface area contributed by atoms with E-state index in [9.17, 15) is 9.90 Å². The zero-order chi connectivity index (χ0) is 17.6. The molecule has 0 saturated carbocycles. The number of hydrogen-bond donors (Lipinski definition) is 2. The van der Waals surface area contributed by atoms with Crippen LogP contribution < -0.4 is 10.2 Å². The van der Waals surface area contributed by atoms with Crippen molar-refractivity contribution < 1.29 is 9.90 Å². The average molecular weight is 347 g/mol. The maximum Gasteiger partial charge on any atom is 0.222 e. The molecule has 1 aromatic rings. The van der Waals surface area contributed by atoms with E-state index in [1.165, 1.54) is 0 Å². The lowest BCUT2D eigenvalue weighted by atomic mass is 10.0. The standard InChI is InChI=1S/C18H29N5O2/c1-2-4-18(25)22-9-6-14(7-10-22)21-16-11-17(20-13-19-16)23-8-3-5-15(23)12-24/h11,13-15,24H,2-10,12H2,1H3,(H,19,20,21). The highest BCUT2D eigenvalue weighted by atomic mass is 16.3. The first-order valence-electron chi connectivity index (χ1n) is 9.45. The number of anilines is 2. The Morgan fingerprint density at radius 3 is 2.80 bits per heavy atom. The van der Waals surface area contributed by atoms with Gasteiger partial charge in [-0.1, -0.05) is 6.92 Å². The molecule has 0 bridgehead atoms. The van der Waals surface area contributed by atoms with Gasteiger partial charge in [-0.25, -0.2) is 9.97 Å². The monoisotopic (exact) mass is 347 g/mol. The molecule has 7 nitrogen and oxygen atoms in total. The maximum atomic E-state index is 12.0. The molecular formula is C18H29N5O2. The molecule has 2 aliphatic heterocycles. The van der Waals surface area contributed by atoms with Crippen LogP contribution >= 0.6 is 0 Å². The number of aliphatic hydroxyl groups excluding tert-OH is 1. The summed E-state index contributed by atoms with van der Waals surface area (Å²) in [7, 11) is 0. The topological polar surface area (TPSA) is 81.6 Å². The molecule has 2 N–H and O–H groups in total. The summed E-state index contributed by atoms with van der Waals surface area (Å²) >= 11 is 0. The Labute approximate surface area is 149 Å². The Balaban J connectivity index is 1.56. The third kappa shape index (κ3) is 4.39. The van der Waals surface area contributed by atoms with Gasteiger partial charge in [0.15, 0.2) is 0 Å². The van der Waals surface area contributed by atoms with E-state index >= 15 is 0 Å². The third-order valence-electron chi connectivity index (χ3n) is 5.20. The van der Waals surface area contributed by atoms with Crippen molar-refractivity contribution in [2.45, 2.75) is 57.5 Å². The molecule has 2 saturated heterocycles.